The largest absolute Gasteiger partial charge is 0.497 e. The molecule has 2 N–H and O–H groups in total. The zero-order chi connectivity index (χ0) is 22.9. The van der Waals surface area contributed by atoms with E-state index in [1.165, 1.54) is 16.9 Å². The smallest absolute Gasteiger partial charge is 0.267 e. The van der Waals surface area contributed by atoms with E-state index >= 15 is 0 Å². The fourth-order valence-corrected chi connectivity index (χ4v) is 4.77. The molecular formula is C25H23ClN2O3S. The highest BCUT2D eigenvalue weighted by atomic mass is 35.5. The van der Waals surface area contributed by atoms with Gasteiger partial charge in [-0.15, -0.1) is 11.3 Å². The summed E-state index contributed by atoms with van der Waals surface area (Å²) in [5, 5.41) is 8.47. The molecule has 4 rings (SSSR count). The highest BCUT2D eigenvalue weighted by Gasteiger charge is 2.28. The number of carbonyl (C=O) groups is 2. The van der Waals surface area contributed by atoms with Gasteiger partial charge in [0, 0.05) is 34.1 Å². The quantitative estimate of drug-likeness (QED) is 0.367. The number of nitrogens with one attached hydrogen (secondary N) is 2. The van der Waals surface area contributed by atoms with E-state index in [0.29, 0.717) is 21.2 Å². The Kier molecular flexibility index (Phi) is 6.09. The number of halogens is 1. The molecule has 0 fully saturated rings. The Hall–Kier alpha value is -3.09. The van der Waals surface area contributed by atoms with Crippen LogP contribution in [0.1, 0.15) is 45.0 Å². The second-order valence-electron chi connectivity index (χ2n) is 8.26. The van der Waals surface area contributed by atoms with Crippen LogP contribution in [0.4, 0.5) is 5.69 Å². The zero-order valence-corrected chi connectivity index (χ0v) is 19.6. The summed E-state index contributed by atoms with van der Waals surface area (Å²) in [6.45, 7) is 4.21. The molecule has 2 aromatic carbocycles. The van der Waals surface area contributed by atoms with Crippen LogP contribution in [0.25, 0.3) is 5.70 Å². The van der Waals surface area contributed by atoms with Gasteiger partial charge in [0.15, 0.2) is 5.78 Å². The molecule has 0 saturated carbocycles. The van der Waals surface area contributed by atoms with Crippen molar-refractivity contribution in [3.05, 3.63) is 86.6 Å². The molecule has 0 saturated heterocycles. The number of anilines is 1. The first kappa shape index (κ1) is 22.1. The molecule has 1 aliphatic heterocycles. The highest BCUT2D eigenvalue weighted by Crippen LogP contribution is 2.32. The Morgan fingerprint density at radius 2 is 1.91 bits per heavy atom. The molecule has 3 aromatic rings. The lowest BCUT2D eigenvalue weighted by Crippen LogP contribution is -2.43. The lowest BCUT2D eigenvalue weighted by Gasteiger charge is -2.35. The molecule has 32 heavy (non-hydrogen) atoms. The van der Waals surface area contributed by atoms with Crippen LogP contribution in [0, 0.1) is 0 Å². The number of methoxy groups -OCH3 is 1. The molecule has 1 amide bonds. The van der Waals surface area contributed by atoms with Gasteiger partial charge < -0.3 is 15.4 Å². The van der Waals surface area contributed by atoms with Gasteiger partial charge in [-0.25, -0.2) is 0 Å². The second-order valence-corrected chi connectivity index (χ2v) is 9.58. The number of hydrogen-bond acceptors (Lipinski definition) is 5. The maximum atomic E-state index is 13.0. The third-order valence-corrected chi connectivity index (χ3v) is 6.58. The van der Waals surface area contributed by atoms with Crippen LogP contribution in [0.15, 0.2) is 60.0 Å². The van der Waals surface area contributed by atoms with Crippen molar-refractivity contribution in [2.75, 3.05) is 12.4 Å². The zero-order valence-electron chi connectivity index (χ0n) is 18.0. The van der Waals surface area contributed by atoms with E-state index in [1.54, 1.807) is 48.9 Å². The van der Waals surface area contributed by atoms with Gasteiger partial charge in [-0.05, 0) is 73.7 Å². The predicted molar refractivity (Wildman–Crippen MR) is 130 cm³/mol. The third-order valence-electron chi connectivity index (χ3n) is 5.24. The standard InChI is InChI=1S/C25H23ClN2O3S/c1-25(2)14-16-6-9-18(31-3)12-19(16)21(28-25)13-22(29)15-4-7-17(8-5-15)27-24(30)23-20(26)10-11-32-23/h4-13,28H,14H2,1-3H3,(H,27,30)/b21-13-. The van der Waals surface area contributed by atoms with E-state index in [4.69, 9.17) is 16.3 Å². The molecule has 2 heterocycles. The van der Waals surface area contributed by atoms with Gasteiger partial charge in [-0.2, -0.15) is 0 Å². The summed E-state index contributed by atoms with van der Waals surface area (Å²) in [4.78, 5) is 25.8. The summed E-state index contributed by atoms with van der Waals surface area (Å²) in [6, 6.07) is 14.4. The van der Waals surface area contributed by atoms with Gasteiger partial charge in [-0.1, -0.05) is 17.7 Å². The number of carbonyl (C=O) groups excluding carboxylic acids is 2. The molecule has 0 unspecified atom stereocenters. The number of benzene rings is 2. The Morgan fingerprint density at radius 1 is 1.16 bits per heavy atom. The molecule has 0 bridgehead atoms. The maximum Gasteiger partial charge on any atom is 0.267 e. The molecule has 0 aliphatic carbocycles. The number of allylic oxidation sites excluding steroid dienone is 1. The molecule has 5 nitrogen and oxygen atoms in total. The van der Waals surface area contributed by atoms with E-state index in [1.807, 2.05) is 18.2 Å². The summed E-state index contributed by atoms with van der Waals surface area (Å²) < 4.78 is 5.37. The number of ether oxygens (including phenoxy) is 1. The van der Waals surface area contributed by atoms with Crippen LogP contribution < -0.4 is 15.4 Å². The Morgan fingerprint density at radius 3 is 2.56 bits per heavy atom. The first-order chi connectivity index (χ1) is 15.3. The van der Waals surface area contributed by atoms with Crippen LogP contribution in [0.5, 0.6) is 5.75 Å². The van der Waals surface area contributed by atoms with Crippen LogP contribution in [-0.4, -0.2) is 24.3 Å². The third kappa shape index (κ3) is 4.71. The molecule has 0 atom stereocenters. The summed E-state index contributed by atoms with van der Waals surface area (Å²) in [6.07, 6.45) is 2.47. The van der Waals surface area contributed by atoms with E-state index in [9.17, 15) is 9.59 Å². The van der Waals surface area contributed by atoms with Gasteiger partial charge in [0.25, 0.3) is 5.91 Å². The molecule has 164 valence electrons. The Balaban J connectivity index is 1.56. The molecule has 0 spiro atoms. The molecule has 1 aromatic heterocycles. The van der Waals surface area contributed by atoms with Crippen LogP contribution in [-0.2, 0) is 6.42 Å². The average molecular weight is 467 g/mol. The Labute approximate surface area is 196 Å². The van der Waals surface area contributed by atoms with Crippen molar-refractivity contribution in [1.82, 2.24) is 5.32 Å². The summed E-state index contributed by atoms with van der Waals surface area (Å²) in [5.74, 6) is 0.345. The predicted octanol–water partition coefficient (Wildman–Crippen LogP) is 5.81. The fraction of sp³-hybridized carbons (Fsp3) is 0.200. The summed E-state index contributed by atoms with van der Waals surface area (Å²) >= 11 is 7.30. The van der Waals surface area contributed by atoms with E-state index in [-0.39, 0.29) is 17.2 Å². The van der Waals surface area contributed by atoms with Crippen molar-refractivity contribution < 1.29 is 14.3 Å². The van der Waals surface area contributed by atoms with Gasteiger partial charge in [0.05, 0.1) is 12.1 Å². The molecule has 7 heteroatoms. The van der Waals surface area contributed by atoms with Gasteiger partial charge in [0.1, 0.15) is 10.6 Å². The van der Waals surface area contributed by atoms with Crippen molar-refractivity contribution in [2.24, 2.45) is 0 Å². The van der Waals surface area contributed by atoms with Crippen LogP contribution >= 0.6 is 22.9 Å². The molecule has 0 radical (unpaired) electrons. The normalized spacial score (nSPS) is 15.6. The van der Waals surface area contributed by atoms with Crippen molar-refractivity contribution in [3.63, 3.8) is 0 Å². The van der Waals surface area contributed by atoms with E-state index in [2.05, 4.69) is 24.5 Å². The van der Waals surface area contributed by atoms with Crippen molar-refractivity contribution in [3.8, 4) is 5.75 Å². The van der Waals surface area contributed by atoms with Crippen molar-refractivity contribution >= 4 is 46.0 Å². The van der Waals surface area contributed by atoms with Crippen LogP contribution in [0.2, 0.25) is 5.02 Å². The minimum atomic E-state index is -0.273. The number of amides is 1. The number of hydrogen-bond donors (Lipinski definition) is 2. The minimum Gasteiger partial charge on any atom is -0.497 e. The maximum absolute atomic E-state index is 13.0. The van der Waals surface area contributed by atoms with Crippen molar-refractivity contribution in [1.29, 1.82) is 0 Å². The number of fused-ring (bicyclic) bond motifs is 1. The Bertz CT molecular complexity index is 1210. The number of rotatable bonds is 5. The topological polar surface area (TPSA) is 67.4 Å². The lowest BCUT2D eigenvalue weighted by molar-refractivity contribution is 0.102. The highest BCUT2D eigenvalue weighted by molar-refractivity contribution is 7.12. The summed E-state index contributed by atoms with van der Waals surface area (Å²) in [5.41, 5.74) is 3.85. The van der Waals surface area contributed by atoms with Crippen LogP contribution in [0.3, 0.4) is 0 Å². The van der Waals surface area contributed by atoms with Gasteiger partial charge in [-0.3, -0.25) is 9.59 Å². The van der Waals surface area contributed by atoms with Gasteiger partial charge >= 0.3 is 0 Å². The SMILES string of the molecule is COc1ccc2c(c1)/C(=C/C(=O)c1ccc(NC(=O)c3sccc3Cl)cc1)NC(C)(C)C2. The van der Waals surface area contributed by atoms with Gasteiger partial charge in [0.2, 0.25) is 0 Å². The minimum absolute atomic E-state index is 0.127. The molecular weight excluding hydrogens is 444 g/mol. The average Bonchev–Trinajstić information content (AvgIpc) is 3.19. The lowest BCUT2D eigenvalue weighted by atomic mass is 9.85. The number of thiophene rings is 1. The van der Waals surface area contributed by atoms with E-state index in [0.717, 1.165) is 23.4 Å². The first-order valence-corrected chi connectivity index (χ1v) is 11.4. The van der Waals surface area contributed by atoms with Crippen molar-refractivity contribution in [2.45, 2.75) is 25.8 Å². The first-order valence-electron chi connectivity index (χ1n) is 10.1. The van der Waals surface area contributed by atoms with E-state index < -0.39 is 0 Å². The summed E-state index contributed by atoms with van der Waals surface area (Å²) in [7, 11) is 1.63. The number of ketones is 1. The fourth-order valence-electron chi connectivity index (χ4n) is 3.73. The monoisotopic (exact) mass is 466 g/mol. The second kappa shape index (κ2) is 8.81. The molecule has 1 aliphatic rings.